The standard InChI is InChI=1S/C20H22FN7O2/c1-30-16-8-18-23-11-15(28(18)26-20(16)27-7-3-6-19(27)29)13-4-2-5-17(24-13)25-14-10-22-9-12(14)21/h2,4-5,8,11-12,14,22H,3,6-7,9-10H2,1H3,(H,24,25)/t12-,14-/m0/s1. The number of anilines is 2. The minimum Gasteiger partial charge on any atom is -0.493 e. The van der Waals surface area contributed by atoms with E-state index in [4.69, 9.17) is 4.74 Å². The number of pyridine rings is 1. The van der Waals surface area contributed by atoms with Crippen molar-refractivity contribution in [3.8, 4) is 17.1 Å². The lowest BCUT2D eigenvalue weighted by atomic mass is 10.2. The van der Waals surface area contributed by atoms with Gasteiger partial charge in [0.25, 0.3) is 0 Å². The van der Waals surface area contributed by atoms with Gasteiger partial charge < -0.3 is 15.4 Å². The minimum absolute atomic E-state index is 0.0251. The smallest absolute Gasteiger partial charge is 0.228 e. The van der Waals surface area contributed by atoms with E-state index in [1.807, 2.05) is 18.2 Å². The van der Waals surface area contributed by atoms with Gasteiger partial charge in [0.15, 0.2) is 17.2 Å². The van der Waals surface area contributed by atoms with E-state index in [9.17, 15) is 9.18 Å². The number of nitrogens with zero attached hydrogens (tertiary/aromatic N) is 5. The van der Waals surface area contributed by atoms with E-state index in [-0.39, 0.29) is 11.9 Å². The van der Waals surface area contributed by atoms with E-state index in [1.54, 1.807) is 28.8 Å². The molecule has 0 aromatic carbocycles. The number of alkyl halides is 1. The zero-order valence-electron chi connectivity index (χ0n) is 16.5. The predicted molar refractivity (Wildman–Crippen MR) is 110 cm³/mol. The predicted octanol–water partition coefficient (Wildman–Crippen LogP) is 1.65. The van der Waals surface area contributed by atoms with Gasteiger partial charge >= 0.3 is 0 Å². The number of imidazole rings is 1. The Morgan fingerprint density at radius 1 is 1.33 bits per heavy atom. The monoisotopic (exact) mass is 411 g/mol. The van der Waals surface area contributed by atoms with E-state index in [0.717, 1.165) is 6.42 Å². The summed E-state index contributed by atoms with van der Waals surface area (Å²) >= 11 is 0. The molecule has 156 valence electrons. The fraction of sp³-hybridized carbons (Fsp3) is 0.400. The fourth-order valence-corrected chi connectivity index (χ4v) is 3.91. The van der Waals surface area contributed by atoms with Crippen LogP contribution in [0, 0.1) is 0 Å². The Kier molecular flexibility index (Phi) is 4.70. The third-order valence-electron chi connectivity index (χ3n) is 5.47. The Bertz CT molecular complexity index is 1100. The maximum absolute atomic E-state index is 13.9. The maximum Gasteiger partial charge on any atom is 0.228 e. The van der Waals surface area contributed by atoms with Gasteiger partial charge in [0.05, 0.1) is 25.0 Å². The number of methoxy groups -OCH3 is 1. The minimum atomic E-state index is -0.957. The van der Waals surface area contributed by atoms with Crippen LogP contribution in [0.15, 0.2) is 30.5 Å². The maximum atomic E-state index is 13.9. The van der Waals surface area contributed by atoms with Crippen LogP contribution in [0.2, 0.25) is 0 Å². The highest BCUT2D eigenvalue weighted by molar-refractivity contribution is 5.95. The second-order valence-electron chi connectivity index (χ2n) is 7.43. The number of amides is 1. The number of halogens is 1. The third-order valence-corrected chi connectivity index (χ3v) is 5.47. The Labute approximate surface area is 172 Å². The molecule has 30 heavy (non-hydrogen) atoms. The molecule has 3 aromatic heterocycles. The summed E-state index contributed by atoms with van der Waals surface area (Å²) in [7, 11) is 1.55. The van der Waals surface area contributed by atoms with Crippen LogP contribution in [0.25, 0.3) is 17.0 Å². The number of nitrogens with one attached hydrogen (secondary N) is 2. The van der Waals surface area contributed by atoms with E-state index in [2.05, 4.69) is 25.7 Å². The first-order valence-electron chi connectivity index (χ1n) is 9.96. The molecule has 0 unspecified atom stereocenters. The molecular weight excluding hydrogens is 389 g/mol. The van der Waals surface area contributed by atoms with Gasteiger partial charge in [-0.15, -0.1) is 5.10 Å². The molecule has 2 fully saturated rings. The van der Waals surface area contributed by atoms with Gasteiger partial charge in [-0.3, -0.25) is 9.69 Å². The van der Waals surface area contributed by atoms with Gasteiger partial charge in [-0.05, 0) is 18.6 Å². The highest BCUT2D eigenvalue weighted by Crippen LogP contribution is 2.31. The Balaban J connectivity index is 1.53. The quantitative estimate of drug-likeness (QED) is 0.659. The molecule has 0 aliphatic carbocycles. The molecule has 5 rings (SSSR count). The van der Waals surface area contributed by atoms with Crippen LogP contribution in [0.5, 0.6) is 5.75 Å². The molecule has 0 saturated carbocycles. The van der Waals surface area contributed by atoms with Crippen LogP contribution in [-0.2, 0) is 4.79 Å². The van der Waals surface area contributed by atoms with Crippen LogP contribution in [0.4, 0.5) is 16.0 Å². The van der Waals surface area contributed by atoms with Crippen LogP contribution >= 0.6 is 0 Å². The van der Waals surface area contributed by atoms with Crippen molar-refractivity contribution in [2.75, 3.05) is 37.0 Å². The Hall–Kier alpha value is -3.27. The molecule has 2 atom stereocenters. The number of hydrogen-bond acceptors (Lipinski definition) is 7. The highest BCUT2D eigenvalue weighted by Gasteiger charge is 2.28. The van der Waals surface area contributed by atoms with Gasteiger partial charge in [-0.25, -0.2) is 18.9 Å². The first-order chi connectivity index (χ1) is 14.6. The van der Waals surface area contributed by atoms with Crippen molar-refractivity contribution in [3.63, 3.8) is 0 Å². The van der Waals surface area contributed by atoms with Gasteiger partial charge in [0.2, 0.25) is 5.91 Å². The summed E-state index contributed by atoms with van der Waals surface area (Å²) < 4.78 is 21.0. The summed E-state index contributed by atoms with van der Waals surface area (Å²) in [5.41, 5.74) is 1.90. The van der Waals surface area contributed by atoms with Crippen LogP contribution in [-0.4, -0.2) is 64.4 Å². The van der Waals surface area contributed by atoms with Crippen molar-refractivity contribution in [2.24, 2.45) is 0 Å². The fourth-order valence-electron chi connectivity index (χ4n) is 3.91. The molecule has 0 radical (unpaired) electrons. The third kappa shape index (κ3) is 3.22. The van der Waals surface area contributed by atoms with Crippen LogP contribution < -0.4 is 20.3 Å². The van der Waals surface area contributed by atoms with E-state index in [0.29, 0.717) is 60.5 Å². The van der Waals surface area contributed by atoms with Crippen LogP contribution in [0.1, 0.15) is 12.8 Å². The molecule has 2 aliphatic rings. The molecule has 5 heterocycles. The summed E-state index contributed by atoms with van der Waals surface area (Å²) in [6, 6.07) is 6.96. The largest absolute Gasteiger partial charge is 0.493 e. The van der Waals surface area contributed by atoms with Crippen molar-refractivity contribution < 1.29 is 13.9 Å². The molecule has 2 N–H and O–H groups in total. The second kappa shape index (κ2) is 7.52. The average Bonchev–Trinajstić information content (AvgIpc) is 3.47. The van der Waals surface area contributed by atoms with Crippen molar-refractivity contribution >= 4 is 23.2 Å². The normalized spacial score (nSPS) is 21.5. The molecule has 0 spiro atoms. The summed E-state index contributed by atoms with van der Waals surface area (Å²) in [4.78, 5) is 22.9. The lowest BCUT2D eigenvalue weighted by Gasteiger charge is -2.18. The molecule has 1 amide bonds. The Morgan fingerprint density at radius 3 is 2.97 bits per heavy atom. The van der Waals surface area contributed by atoms with E-state index >= 15 is 0 Å². The zero-order chi connectivity index (χ0) is 20.7. The Morgan fingerprint density at radius 2 is 2.23 bits per heavy atom. The second-order valence-corrected chi connectivity index (χ2v) is 7.43. The first kappa shape index (κ1) is 18.7. The molecule has 2 saturated heterocycles. The van der Waals surface area contributed by atoms with Gasteiger partial charge in [-0.1, -0.05) is 6.07 Å². The number of fused-ring (bicyclic) bond motifs is 1. The molecule has 9 nitrogen and oxygen atoms in total. The summed E-state index contributed by atoms with van der Waals surface area (Å²) in [6.07, 6.45) is 2.01. The topological polar surface area (TPSA) is 96.7 Å². The lowest BCUT2D eigenvalue weighted by Crippen LogP contribution is -2.29. The first-order valence-corrected chi connectivity index (χ1v) is 9.96. The van der Waals surface area contributed by atoms with Gasteiger partial charge in [0, 0.05) is 32.1 Å². The number of hydrogen-bond donors (Lipinski definition) is 2. The molecule has 3 aromatic rings. The average molecular weight is 411 g/mol. The van der Waals surface area contributed by atoms with E-state index in [1.165, 1.54) is 0 Å². The van der Waals surface area contributed by atoms with E-state index < -0.39 is 6.17 Å². The number of aromatic nitrogens is 4. The highest BCUT2D eigenvalue weighted by atomic mass is 19.1. The zero-order valence-corrected chi connectivity index (χ0v) is 16.5. The summed E-state index contributed by atoms with van der Waals surface area (Å²) in [5, 5.41) is 10.8. The number of carbonyl (C=O) groups is 1. The molecule has 0 bridgehead atoms. The summed E-state index contributed by atoms with van der Waals surface area (Å²) in [5.74, 6) is 1.58. The van der Waals surface area contributed by atoms with Crippen molar-refractivity contribution in [2.45, 2.75) is 25.1 Å². The molecule has 10 heteroatoms. The molecular formula is C20H22FN7O2. The van der Waals surface area contributed by atoms with Crippen LogP contribution in [0.3, 0.4) is 0 Å². The summed E-state index contributed by atoms with van der Waals surface area (Å²) in [6.45, 7) is 1.50. The lowest BCUT2D eigenvalue weighted by molar-refractivity contribution is -0.117. The van der Waals surface area contributed by atoms with Gasteiger partial charge in [-0.2, -0.15) is 0 Å². The van der Waals surface area contributed by atoms with Crippen molar-refractivity contribution in [1.29, 1.82) is 0 Å². The number of carbonyl (C=O) groups excluding carboxylic acids is 1. The number of ether oxygens (including phenoxy) is 1. The van der Waals surface area contributed by atoms with Crippen molar-refractivity contribution in [3.05, 3.63) is 30.5 Å². The number of rotatable bonds is 5. The molecule has 2 aliphatic heterocycles. The van der Waals surface area contributed by atoms with Gasteiger partial charge in [0.1, 0.15) is 17.7 Å². The SMILES string of the molecule is COc1cc2ncc(-c3cccc(N[C@H]4CNC[C@@H]4F)n3)n2nc1N1CCCC1=O. The van der Waals surface area contributed by atoms with Crippen molar-refractivity contribution in [1.82, 2.24) is 24.9 Å².